The molecule has 1 unspecified atom stereocenters. The molecule has 3 rings (SSSR count). The monoisotopic (exact) mass is 386 g/mol. The highest BCUT2D eigenvalue weighted by Gasteiger charge is 2.18. The maximum absolute atomic E-state index is 12.4. The van der Waals surface area contributed by atoms with Crippen LogP contribution in [0.1, 0.15) is 16.8 Å². The van der Waals surface area contributed by atoms with E-state index in [1.807, 2.05) is 0 Å². The second-order valence-corrected chi connectivity index (χ2v) is 6.69. The Morgan fingerprint density at radius 1 is 1.29 bits per heavy atom. The lowest BCUT2D eigenvalue weighted by molar-refractivity contribution is 0.0751. The fraction of sp³-hybridized carbons (Fsp3) is 0.389. The van der Waals surface area contributed by atoms with Gasteiger partial charge in [0.15, 0.2) is 11.2 Å². The highest BCUT2D eigenvalue weighted by atomic mass is 16.3. The molecule has 10 heteroatoms. The van der Waals surface area contributed by atoms with E-state index < -0.39 is 17.4 Å². The van der Waals surface area contributed by atoms with Gasteiger partial charge in [-0.15, -0.1) is 0 Å². The van der Waals surface area contributed by atoms with Crippen molar-refractivity contribution >= 4 is 17.1 Å². The zero-order chi connectivity index (χ0) is 20.4. The zero-order valence-corrected chi connectivity index (χ0v) is 15.9. The molecule has 0 saturated carbocycles. The van der Waals surface area contributed by atoms with Gasteiger partial charge in [0.05, 0.1) is 24.5 Å². The molecule has 0 bridgehead atoms. The molecular weight excluding hydrogens is 364 g/mol. The summed E-state index contributed by atoms with van der Waals surface area (Å²) in [6, 6.07) is 3.37. The number of pyridine rings is 1. The zero-order valence-electron chi connectivity index (χ0n) is 15.9. The molecule has 3 aromatic rings. The van der Waals surface area contributed by atoms with Crippen molar-refractivity contribution in [2.75, 3.05) is 13.6 Å². The Bertz CT molecular complexity index is 1110. The van der Waals surface area contributed by atoms with Crippen LogP contribution in [-0.2, 0) is 20.6 Å². The minimum atomic E-state index is -0.802. The summed E-state index contributed by atoms with van der Waals surface area (Å²) >= 11 is 0. The maximum Gasteiger partial charge on any atom is 0.332 e. The first-order chi connectivity index (χ1) is 13.3. The maximum atomic E-state index is 12.4. The normalized spacial score (nSPS) is 12.3. The minimum Gasteiger partial charge on any atom is -0.391 e. The van der Waals surface area contributed by atoms with E-state index in [1.54, 1.807) is 25.4 Å². The summed E-state index contributed by atoms with van der Waals surface area (Å²) in [4.78, 5) is 46.3. The standard InChI is InChI=1S/C18H22N6O4/c1-21(16(26)12-5-4-7-19-9-12)8-6-13(25)10-24-11-20-15-14(24)17(27)23(3)18(28)22(15)2/h4-5,7,9,11,13,25H,6,8,10H2,1-3H3. The van der Waals surface area contributed by atoms with Crippen LogP contribution in [0.15, 0.2) is 40.4 Å². The van der Waals surface area contributed by atoms with Gasteiger partial charge in [-0.3, -0.25) is 23.7 Å². The molecule has 0 aliphatic rings. The third-order valence-electron chi connectivity index (χ3n) is 4.68. The van der Waals surface area contributed by atoms with E-state index in [9.17, 15) is 19.5 Å². The summed E-state index contributed by atoms with van der Waals surface area (Å²) in [5.41, 5.74) is 0.0719. The molecule has 0 aliphatic heterocycles. The van der Waals surface area contributed by atoms with Gasteiger partial charge in [0.25, 0.3) is 11.5 Å². The predicted molar refractivity (Wildman–Crippen MR) is 102 cm³/mol. The summed E-state index contributed by atoms with van der Waals surface area (Å²) in [6.45, 7) is 0.455. The topological polar surface area (TPSA) is 115 Å². The molecule has 10 nitrogen and oxygen atoms in total. The number of aliphatic hydroxyl groups excluding tert-OH is 1. The molecule has 0 spiro atoms. The number of carbonyl (C=O) groups is 1. The van der Waals surface area contributed by atoms with Crippen LogP contribution in [0.3, 0.4) is 0 Å². The molecule has 0 radical (unpaired) electrons. The van der Waals surface area contributed by atoms with Crippen LogP contribution >= 0.6 is 0 Å². The molecule has 1 atom stereocenters. The number of carbonyl (C=O) groups excluding carboxylic acids is 1. The summed E-state index contributed by atoms with van der Waals surface area (Å²) in [5, 5.41) is 10.4. The Morgan fingerprint density at radius 2 is 2.04 bits per heavy atom. The fourth-order valence-corrected chi connectivity index (χ4v) is 3.01. The highest BCUT2D eigenvalue weighted by Crippen LogP contribution is 2.09. The summed E-state index contributed by atoms with van der Waals surface area (Å²) in [7, 11) is 4.59. The van der Waals surface area contributed by atoms with Gasteiger partial charge in [-0.05, 0) is 18.6 Å². The van der Waals surface area contributed by atoms with Gasteiger partial charge in [0, 0.05) is 40.1 Å². The molecule has 1 N–H and O–H groups in total. The van der Waals surface area contributed by atoms with Crippen LogP contribution in [0.25, 0.3) is 11.2 Å². The van der Waals surface area contributed by atoms with Crippen molar-refractivity contribution in [1.29, 1.82) is 0 Å². The number of aromatic nitrogens is 5. The van der Waals surface area contributed by atoms with E-state index in [0.717, 1.165) is 4.57 Å². The van der Waals surface area contributed by atoms with Crippen molar-refractivity contribution in [3.63, 3.8) is 0 Å². The number of hydrogen-bond donors (Lipinski definition) is 1. The van der Waals surface area contributed by atoms with E-state index in [-0.39, 0.29) is 23.6 Å². The fourth-order valence-electron chi connectivity index (χ4n) is 3.01. The van der Waals surface area contributed by atoms with Gasteiger partial charge in [-0.1, -0.05) is 0 Å². The van der Waals surface area contributed by atoms with Gasteiger partial charge >= 0.3 is 5.69 Å². The number of nitrogens with zero attached hydrogens (tertiary/aromatic N) is 6. The number of fused-ring (bicyclic) bond motifs is 1. The molecule has 0 aliphatic carbocycles. The van der Waals surface area contributed by atoms with Crippen LogP contribution in [0.2, 0.25) is 0 Å². The van der Waals surface area contributed by atoms with Crippen molar-refractivity contribution < 1.29 is 9.90 Å². The average Bonchev–Trinajstić information content (AvgIpc) is 3.12. The first-order valence-corrected chi connectivity index (χ1v) is 8.75. The SMILES string of the molecule is CN(CCC(O)Cn1cnc2c1c(=O)n(C)c(=O)n2C)C(=O)c1cccnc1. The lowest BCUT2D eigenvalue weighted by atomic mass is 10.2. The largest absolute Gasteiger partial charge is 0.391 e. The number of hydrogen-bond acceptors (Lipinski definition) is 6. The molecule has 0 aromatic carbocycles. The average molecular weight is 386 g/mol. The van der Waals surface area contributed by atoms with E-state index in [1.165, 1.54) is 40.7 Å². The molecular formula is C18H22N6O4. The summed E-state index contributed by atoms with van der Waals surface area (Å²) < 4.78 is 3.83. The van der Waals surface area contributed by atoms with Crippen molar-refractivity contribution in [3.8, 4) is 0 Å². The Morgan fingerprint density at radius 3 is 2.71 bits per heavy atom. The minimum absolute atomic E-state index is 0.124. The number of amides is 1. The Balaban J connectivity index is 1.70. The first kappa shape index (κ1) is 19.5. The molecule has 1 amide bonds. The molecule has 3 aromatic heterocycles. The lowest BCUT2D eigenvalue weighted by Gasteiger charge is -2.19. The van der Waals surface area contributed by atoms with E-state index in [4.69, 9.17) is 0 Å². The van der Waals surface area contributed by atoms with Crippen molar-refractivity contribution in [2.24, 2.45) is 14.1 Å². The van der Waals surface area contributed by atoms with Gasteiger partial charge in [0.2, 0.25) is 0 Å². The van der Waals surface area contributed by atoms with Crippen molar-refractivity contribution in [2.45, 2.75) is 19.1 Å². The quantitative estimate of drug-likeness (QED) is 0.602. The third-order valence-corrected chi connectivity index (χ3v) is 4.68. The summed E-state index contributed by atoms with van der Waals surface area (Å²) in [5.74, 6) is -0.183. The first-order valence-electron chi connectivity index (χ1n) is 8.75. The van der Waals surface area contributed by atoms with Crippen LogP contribution in [0, 0.1) is 0 Å². The highest BCUT2D eigenvalue weighted by molar-refractivity contribution is 5.93. The van der Waals surface area contributed by atoms with E-state index in [0.29, 0.717) is 18.5 Å². The Kier molecular flexibility index (Phi) is 5.41. The van der Waals surface area contributed by atoms with Crippen LogP contribution < -0.4 is 11.2 Å². The lowest BCUT2D eigenvalue weighted by Crippen LogP contribution is -2.38. The summed E-state index contributed by atoms with van der Waals surface area (Å²) in [6.07, 6.45) is 4.03. The van der Waals surface area contributed by atoms with Crippen LogP contribution in [0.4, 0.5) is 0 Å². The molecule has 0 saturated heterocycles. The predicted octanol–water partition coefficient (Wildman–Crippen LogP) is -0.648. The van der Waals surface area contributed by atoms with Crippen molar-refractivity contribution in [3.05, 3.63) is 57.3 Å². The second-order valence-electron chi connectivity index (χ2n) is 6.69. The number of rotatable bonds is 6. The van der Waals surface area contributed by atoms with Gasteiger partial charge in [-0.2, -0.15) is 0 Å². The smallest absolute Gasteiger partial charge is 0.332 e. The van der Waals surface area contributed by atoms with Crippen molar-refractivity contribution in [1.82, 2.24) is 28.6 Å². The Hall–Kier alpha value is -3.27. The number of imidazole rings is 1. The van der Waals surface area contributed by atoms with Crippen LogP contribution in [0.5, 0.6) is 0 Å². The van der Waals surface area contributed by atoms with Gasteiger partial charge < -0.3 is 14.6 Å². The molecule has 3 heterocycles. The Labute approximate surface area is 160 Å². The molecule has 28 heavy (non-hydrogen) atoms. The van der Waals surface area contributed by atoms with E-state index in [2.05, 4.69) is 9.97 Å². The van der Waals surface area contributed by atoms with Gasteiger partial charge in [-0.25, -0.2) is 9.78 Å². The second kappa shape index (κ2) is 7.77. The number of aryl methyl sites for hydroxylation is 1. The number of aliphatic hydroxyl groups is 1. The molecule has 148 valence electrons. The third kappa shape index (κ3) is 3.58. The van der Waals surface area contributed by atoms with E-state index >= 15 is 0 Å². The molecule has 0 fully saturated rings. The van der Waals surface area contributed by atoms with Gasteiger partial charge in [0.1, 0.15) is 0 Å². The van der Waals surface area contributed by atoms with Crippen LogP contribution in [-0.4, -0.2) is 59.3 Å².